The number of carbonyl (C=O) groups is 1. The molecule has 0 saturated heterocycles. The van der Waals surface area contributed by atoms with Crippen molar-refractivity contribution < 1.29 is 4.79 Å². The molecule has 1 amide bonds. The van der Waals surface area contributed by atoms with Gasteiger partial charge in [-0.25, -0.2) is 9.78 Å². The van der Waals surface area contributed by atoms with Crippen LogP contribution >= 0.6 is 11.8 Å². The van der Waals surface area contributed by atoms with Crippen molar-refractivity contribution >= 4 is 28.7 Å². The lowest BCUT2D eigenvalue weighted by molar-refractivity contribution is -0.119. The minimum atomic E-state index is -0.426. The second kappa shape index (κ2) is 6.35. The van der Waals surface area contributed by atoms with E-state index in [4.69, 9.17) is 0 Å². The van der Waals surface area contributed by atoms with Crippen LogP contribution in [-0.4, -0.2) is 31.8 Å². The lowest BCUT2D eigenvalue weighted by Crippen LogP contribution is -2.37. The fourth-order valence-corrected chi connectivity index (χ4v) is 2.94. The van der Waals surface area contributed by atoms with Gasteiger partial charge in [-0.15, -0.1) is 11.8 Å². The Hall–Kier alpha value is -2.09. The topological polar surface area (TPSA) is 86.0 Å². The van der Waals surface area contributed by atoms with E-state index in [0.29, 0.717) is 15.9 Å². The van der Waals surface area contributed by atoms with Crippen LogP contribution in [0.4, 0.5) is 0 Å². The quantitative estimate of drug-likeness (QED) is 0.816. The number of nitrogens with one attached hydrogen (secondary N) is 1. The Kier molecular flexibility index (Phi) is 4.70. The number of carbonyl (C=O) groups excluding carboxylic acids is 1. The fourth-order valence-electron chi connectivity index (χ4n) is 2.09. The molecule has 2 aromatic heterocycles. The summed E-state index contributed by atoms with van der Waals surface area (Å²) in [6.07, 6.45) is 1.53. The molecule has 0 aromatic carbocycles. The molecule has 0 aliphatic rings. The van der Waals surface area contributed by atoms with Crippen LogP contribution in [0.2, 0.25) is 0 Å². The van der Waals surface area contributed by atoms with E-state index in [1.807, 2.05) is 13.8 Å². The molecule has 2 aromatic rings. The highest BCUT2D eigenvalue weighted by molar-refractivity contribution is 8.00. The lowest BCUT2D eigenvalue weighted by Gasteiger charge is -2.11. The molecule has 22 heavy (non-hydrogen) atoms. The van der Waals surface area contributed by atoms with Gasteiger partial charge in [0.05, 0.1) is 11.1 Å². The molecular weight excluding hydrogens is 304 g/mol. The van der Waals surface area contributed by atoms with Crippen molar-refractivity contribution in [2.24, 2.45) is 14.1 Å². The molecule has 0 spiro atoms. The SMILES string of the molecule is CC(C)NC(=O)CSc1ccnc2c1c(=O)n(C)c(=O)n2C. The van der Waals surface area contributed by atoms with Crippen LogP contribution in [0, 0.1) is 0 Å². The fraction of sp³-hybridized carbons (Fsp3) is 0.429. The summed E-state index contributed by atoms with van der Waals surface area (Å²) < 4.78 is 2.37. The highest BCUT2D eigenvalue weighted by Crippen LogP contribution is 2.23. The van der Waals surface area contributed by atoms with E-state index in [9.17, 15) is 14.4 Å². The van der Waals surface area contributed by atoms with E-state index < -0.39 is 11.2 Å². The zero-order valence-corrected chi connectivity index (χ0v) is 13.7. The number of amides is 1. The maximum Gasteiger partial charge on any atom is 0.332 e. The molecule has 7 nitrogen and oxygen atoms in total. The molecule has 1 N–H and O–H groups in total. The summed E-state index contributed by atoms with van der Waals surface area (Å²) in [4.78, 5) is 40.8. The first-order valence-corrected chi connectivity index (χ1v) is 7.78. The summed E-state index contributed by atoms with van der Waals surface area (Å²) in [6.45, 7) is 3.77. The molecule has 2 rings (SSSR count). The van der Waals surface area contributed by atoms with Crippen molar-refractivity contribution in [1.29, 1.82) is 0 Å². The number of hydrogen-bond donors (Lipinski definition) is 1. The largest absolute Gasteiger partial charge is 0.353 e. The maximum atomic E-state index is 12.3. The summed E-state index contributed by atoms with van der Waals surface area (Å²) in [5, 5.41) is 3.15. The van der Waals surface area contributed by atoms with Gasteiger partial charge in [0.15, 0.2) is 0 Å². The van der Waals surface area contributed by atoms with Gasteiger partial charge < -0.3 is 5.32 Å². The predicted octanol–water partition coefficient (Wildman–Crippen LogP) is 0.249. The average Bonchev–Trinajstić information content (AvgIpc) is 2.47. The molecular formula is C14H18N4O3S. The summed E-state index contributed by atoms with van der Waals surface area (Å²) >= 11 is 1.26. The molecule has 0 saturated carbocycles. The zero-order chi connectivity index (χ0) is 16.4. The Balaban J connectivity index is 2.46. The highest BCUT2D eigenvalue weighted by Gasteiger charge is 2.14. The van der Waals surface area contributed by atoms with E-state index in [1.165, 1.54) is 29.6 Å². The Morgan fingerprint density at radius 3 is 2.64 bits per heavy atom. The van der Waals surface area contributed by atoms with Crippen LogP contribution in [0.3, 0.4) is 0 Å². The van der Waals surface area contributed by atoms with Gasteiger partial charge in [-0.1, -0.05) is 0 Å². The third-order valence-electron chi connectivity index (χ3n) is 3.11. The van der Waals surface area contributed by atoms with E-state index in [-0.39, 0.29) is 17.7 Å². The van der Waals surface area contributed by atoms with Crippen LogP contribution in [-0.2, 0) is 18.9 Å². The van der Waals surface area contributed by atoms with Gasteiger partial charge in [0.25, 0.3) is 5.56 Å². The van der Waals surface area contributed by atoms with Crippen molar-refractivity contribution in [2.45, 2.75) is 24.8 Å². The average molecular weight is 322 g/mol. The van der Waals surface area contributed by atoms with Crippen molar-refractivity contribution in [3.63, 3.8) is 0 Å². The molecule has 0 bridgehead atoms. The number of nitrogens with zero attached hydrogens (tertiary/aromatic N) is 3. The smallest absolute Gasteiger partial charge is 0.332 e. The predicted molar refractivity (Wildman–Crippen MR) is 86.2 cm³/mol. The number of hydrogen-bond acceptors (Lipinski definition) is 5. The highest BCUT2D eigenvalue weighted by atomic mass is 32.2. The van der Waals surface area contributed by atoms with Crippen LogP contribution < -0.4 is 16.6 Å². The maximum absolute atomic E-state index is 12.3. The van der Waals surface area contributed by atoms with Gasteiger partial charge in [-0.05, 0) is 19.9 Å². The summed E-state index contributed by atoms with van der Waals surface area (Å²) in [6, 6.07) is 1.75. The number of rotatable bonds is 4. The second-order valence-electron chi connectivity index (χ2n) is 5.22. The lowest BCUT2D eigenvalue weighted by atomic mass is 10.3. The summed E-state index contributed by atoms with van der Waals surface area (Å²) in [5.74, 6) is 0.0927. The first kappa shape index (κ1) is 16.3. The number of aromatic nitrogens is 3. The van der Waals surface area contributed by atoms with Crippen LogP contribution in [0.1, 0.15) is 13.8 Å². The van der Waals surface area contributed by atoms with Crippen LogP contribution in [0.5, 0.6) is 0 Å². The second-order valence-corrected chi connectivity index (χ2v) is 6.24. The molecule has 0 radical (unpaired) electrons. The van der Waals surface area contributed by atoms with Crippen molar-refractivity contribution in [3.05, 3.63) is 33.1 Å². The Morgan fingerprint density at radius 2 is 2.00 bits per heavy atom. The summed E-state index contributed by atoms with van der Waals surface area (Å²) in [5.41, 5.74) is -0.509. The van der Waals surface area contributed by atoms with Gasteiger partial charge in [0.1, 0.15) is 5.65 Å². The van der Waals surface area contributed by atoms with Gasteiger partial charge in [-0.2, -0.15) is 0 Å². The minimum absolute atomic E-state index is 0.0657. The minimum Gasteiger partial charge on any atom is -0.353 e. The molecule has 118 valence electrons. The van der Waals surface area contributed by atoms with E-state index >= 15 is 0 Å². The molecule has 8 heteroatoms. The third-order valence-corrected chi connectivity index (χ3v) is 4.17. The zero-order valence-electron chi connectivity index (χ0n) is 12.9. The van der Waals surface area contributed by atoms with Gasteiger partial charge in [0.2, 0.25) is 5.91 Å². The number of thioether (sulfide) groups is 1. The van der Waals surface area contributed by atoms with E-state index in [0.717, 1.165) is 4.57 Å². The Bertz CT molecular complexity index is 838. The van der Waals surface area contributed by atoms with E-state index in [2.05, 4.69) is 10.3 Å². The monoisotopic (exact) mass is 322 g/mol. The molecule has 0 fully saturated rings. The Labute approximate surface area is 131 Å². The van der Waals surface area contributed by atoms with Crippen LogP contribution in [0.15, 0.2) is 26.7 Å². The normalized spacial score (nSPS) is 11.1. The number of aryl methyl sites for hydroxylation is 1. The number of pyridine rings is 1. The summed E-state index contributed by atoms with van der Waals surface area (Å²) in [7, 11) is 2.99. The molecule has 2 heterocycles. The van der Waals surface area contributed by atoms with Crippen molar-refractivity contribution in [2.75, 3.05) is 5.75 Å². The van der Waals surface area contributed by atoms with Gasteiger partial charge in [-0.3, -0.25) is 18.7 Å². The standard InChI is InChI=1S/C14H18N4O3S/c1-8(2)16-10(19)7-22-9-5-6-15-12-11(9)13(20)18(4)14(21)17(12)3/h5-6,8H,7H2,1-4H3,(H,16,19). The molecule has 0 unspecified atom stereocenters. The molecule has 0 atom stereocenters. The molecule has 0 aliphatic carbocycles. The number of fused-ring (bicyclic) bond motifs is 1. The Morgan fingerprint density at radius 1 is 1.32 bits per heavy atom. The van der Waals surface area contributed by atoms with Crippen LogP contribution in [0.25, 0.3) is 11.0 Å². The third kappa shape index (κ3) is 3.06. The van der Waals surface area contributed by atoms with Crippen molar-refractivity contribution in [1.82, 2.24) is 19.4 Å². The molecule has 0 aliphatic heterocycles. The van der Waals surface area contributed by atoms with E-state index in [1.54, 1.807) is 13.1 Å². The first-order valence-electron chi connectivity index (χ1n) is 6.79. The van der Waals surface area contributed by atoms with Gasteiger partial charge in [0, 0.05) is 31.2 Å². The first-order chi connectivity index (χ1) is 10.3. The van der Waals surface area contributed by atoms with Crippen molar-refractivity contribution in [3.8, 4) is 0 Å². The van der Waals surface area contributed by atoms with Gasteiger partial charge >= 0.3 is 5.69 Å².